The van der Waals surface area contributed by atoms with Crippen LogP contribution in [0.15, 0.2) is 48.5 Å². The van der Waals surface area contributed by atoms with Gasteiger partial charge in [-0.3, -0.25) is 0 Å². The van der Waals surface area contributed by atoms with Crippen LogP contribution in [0.3, 0.4) is 0 Å². The van der Waals surface area contributed by atoms with E-state index >= 15 is 0 Å². The Hall–Kier alpha value is -1.96. The van der Waals surface area contributed by atoms with Crippen LogP contribution < -0.4 is 11.5 Å². The molecule has 2 heteroatoms. The fourth-order valence-electron chi connectivity index (χ4n) is 1.22. The fraction of sp³-hybridized carbons (Fsp3) is 0.143. The highest BCUT2D eigenvalue weighted by Crippen LogP contribution is 2.09. The molecule has 2 rings (SSSR count). The topological polar surface area (TPSA) is 52.0 Å². The summed E-state index contributed by atoms with van der Waals surface area (Å²) in [5, 5.41) is 0. The molecule has 0 radical (unpaired) electrons. The second kappa shape index (κ2) is 5.81. The Kier molecular flexibility index (Phi) is 4.40. The van der Waals surface area contributed by atoms with E-state index in [0.29, 0.717) is 0 Å². The maximum atomic E-state index is 5.53. The quantitative estimate of drug-likeness (QED) is 0.662. The van der Waals surface area contributed by atoms with Crippen LogP contribution in [0.1, 0.15) is 11.1 Å². The van der Waals surface area contributed by atoms with Crippen molar-refractivity contribution in [3.63, 3.8) is 0 Å². The standard InChI is InChI=1S/C8H11N.C6H7N/c1-6-3-4-8(9)5-7(6)2;7-6-4-2-1-3-5-6/h3-5H,9H2,1-2H3;1-5H,7H2. The van der Waals surface area contributed by atoms with Gasteiger partial charge in [0.25, 0.3) is 0 Å². The predicted molar refractivity (Wildman–Crippen MR) is 71.2 cm³/mol. The molecule has 4 N–H and O–H groups in total. The van der Waals surface area contributed by atoms with Crippen molar-refractivity contribution in [2.75, 3.05) is 11.5 Å². The van der Waals surface area contributed by atoms with Gasteiger partial charge in [0.05, 0.1) is 0 Å². The molecule has 0 aromatic heterocycles. The minimum atomic E-state index is 0.822. The zero-order valence-electron chi connectivity index (χ0n) is 9.77. The highest BCUT2D eigenvalue weighted by atomic mass is 14.5. The van der Waals surface area contributed by atoms with Gasteiger partial charge in [-0.15, -0.1) is 0 Å². The minimum Gasteiger partial charge on any atom is -0.399 e. The summed E-state index contributed by atoms with van der Waals surface area (Å²) in [6.45, 7) is 4.14. The molecule has 2 aromatic rings. The monoisotopic (exact) mass is 214 g/mol. The molecule has 0 unspecified atom stereocenters. The summed E-state index contributed by atoms with van der Waals surface area (Å²) in [4.78, 5) is 0. The van der Waals surface area contributed by atoms with Crippen LogP contribution in [0.25, 0.3) is 0 Å². The van der Waals surface area contributed by atoms with Gasteiger partial charge in [-0.25, -0.2) is 0 Å². The van der Waals surface area contributed by atoms with E-state index in [4.69, 9.17) is 11.5 Å². The average molecular weight is 214 g/mol. The van der Waals surface area contributed by atoms with Gasteiger partial charge >= 0.3 is 0 Å². The molecule has 0 heterocycles. The minimum absolute atomic E-state index is 0.822. The molecule has 2 nitrogen and oxygen atoms in total. The normalized spacial score (nSPS) is 9.12. The van der Waals surface area contributed by atoms with Crippen molar-refractivity contribution in [2.24, 2.45) is 0 Å². The van der Waals surface area contributed by atoms with Crippen molar-refractivity contribution in [1.82, 2.24) is 0 Å². The smallest absolute Gasteiger partial charge is 0.0316 e. The molecule has 0 bridgehead atoms. The largest absolute Gasteiger partial charge is 0.399 e. The molecule has 0 aliphatic carbocycles. The molecule has 0 saturated carbocycles. The molecule has 16 heavy (non-hydrogen) atoms. The van der Waals surface area contributed by atoms with Crippen molar-refractivity contribution < 1.29 is 0 Å². The van der Waals surface area contributed by atoms with E-state index in [-0.39, 0.29) is 0 Å². The second-order valence-electron chi connectivity index (χ2n) is 3.75. The van der Waals surface area contributed by atoms with Crippen molar-refractivity contribution >= 4 is 11.4 Å². The summed E-state index contributed by atoms with van der Waals surface area (Å²) >= 11 is 0. The Bertz CT molecular complexity index is 436. The molecular formula is C14H18N2. The maximum absolute atomic E-state index is 5.53. The Morgan fingerprint density at radius 2 is 1.31 bits per heavy atom. The number of para-hydroxylation sites is 1. The van der Waals surface area contributed by atoms with Gasteiger partial charge in [-0.2, -0.15) is 0 Å². The van der Waals surface area contributed by atoms with E-state index in [1.54, 1.807) is 0 Å². The highest BCUT2D eigenvalue weighted by molar-refractivity contribution is 5.43. The van der Waals surface area contributed by atoms with Crippen LogP contribution in [0.5, 0.6) is 0 Å². The number of aryl methyl sites for hydroxylation is 2. The van der Waals surface area contributed by atoms with Crippen LogP contribution in [-0.4, -0.2) is 0 Å². The van der Waals surface area contributed by atoms with Crippen LogP contribution in [0.2, 0.25) is 0 Å². The maximum Gasteiger partial charge on any atom is 0.0316 e. The zero-order valence-corrected chi connectivity index (χ0v) is 9.77. The van der Waals surface area contributed by atoms with E-state index in [9.17, 15) is 0 Å². The van der Waals surface area contributed by atoms with Crippen LogP contribution >= 0.6 is 0 Å². The first kappa shape index (κ1) is 12.1. The predicted octanol–water partition coefficient (Wildman–Crippen LogP) is 3.15. The first-order valence-corrected chi connectivity index (χ1v) is 5.23. The SMILES string of the molecule is Cc1ccc(N)cc1C.Nc1ccccc1. The average Bonchev–Trinajstić information content (AvgIpc) is 2.26. The Balaban J connectivity index is 0.000000165. The van der Waals surface area contributed by atoms with Gasteiger partial charge in [0.2, 0.25) is 0 Å². The second-order valence-corrected chi connectivity index (χ2v) is 3.75. The van der Waals surface area contributed by atoms with Crippen molar-refractivity contribution in [1.29, 1.82) is 0 Å². The highest BCUT2D eigenvalue weighted by Gasteiger charge is 1.89. The molecule has 0 saturated heterocycles. The number of nitrogen functional groups attached to an aromatic ring is 2. The lowest BCUT2D eigenvalue weighted by Crippen LogP contribution is -1.86. The molecule has 84 valence electrons. The Labute approximate surface area is 96.9 Å². The third-order valence-electron chi connectivity index (χ3n) is 2.33. The first-order valence-electron chi connectivity index (χ1n) is 5.23. The third kappa shape index (κ3) is 4.05. The summed E-state index contributed by atoms with van der Waals surface area (Å²) in [7, 11) is 0. The molecular weight excluding hydrogens is 196 g/mol. The van der Waals surface area contributed by atoms with E-state index in [1.807, 2.05) is 48.5 Å². The summed E-state index contributed by atoms with van der Waals surface area (Å²) in [5.41, 5.74) is 15.1. The van der Waals surface area contributed by atoms with Crippen molar-refractivity contribution in [3.8, 4) is 0 Å². The Morgan fingerprint density at radius 1 is 0.688 bits per heavy atom. The number of nitrogens with two attached hydrogens (primary N) is 2. The number of rotatable bonds is 0. The lowest BCUT2D eigenvalue weighted by Gasteiger charge is -1.98. The summed E-state index contributed by atoms with van der Waals surface area (Å²) in [6.07, 6.45) is 0. The van der Waals surface area contributed by atoms with E-state index in [2.05, 4.69) is 13.8 Å². The number of hydrogen-bond donors (Lipinski definition) is 2. The molecule has 0 aliphatic heterocycles. The third-order valence-corrected chi connectivity index (χ3v) is 2.33. The molecule has 0 aliphatic rings. The fourth-order valence-corrected chi connectivity index (χ4v) is 1.22. The van der Waals surface area contributed by atoms with E-state index in [0.717, 1.165) is 11.4 Å². The van der Waals surface area contributed by atoms with Gasteiger partial charge in [0, 0.05) is 11.4 Å². The van der Waals surface area contributed by atoms with Crippen LogP contribution in [0.4, 0.5) is 11.4 Å². The van der Waals surface area contributed by atoms with Gasteiger partial charge in [-0.1, -0.05) is 24.3 Å². The van der Waals surface area contributed by atoms with Gasteiger partial charge in [-0.05, 0) is 49.2 Å². The van der Waals surface area contributed by atoms with Crippen LogP contribution in [-0.2, 0) is 0 Å². The molecule has 0 spiro atoms. The van der Waals surface area contributed by atoms with Crippen molar-refractivity contribution in [3.05, 3.63) is 59.7 Å². The number of benzene rings is 2. The van der Waals surface area contributed by atoms with Gasteiger partial charge in [0.1, 0.15) is 0 Å². The molecule has 0 amide bonds. The first-order chi connectivity index (χ1) is 7.59. The van der Waals surface area contributed by atoms with Crippen LogP contribution in [0, 0.1) is 13.8 Å². The van der Waals surface area contributed by atoms with E-state index < -0.39 is 0 Å². The molecule has 0 atom stereocenters. The summed E-state index contributed by atoms with van der Waals surface area (Å²) < 4.78 is 0. The lowest BCUT2D eigenvalue weighted by atomic mass is 10.1. The molecule has 2 aromatic carbocycles. The lowest BCUT2D eigenvalue weighted by molar-refractivity contribution is 1.34. The number of anilines is 2. The van der Waals surface area contributed by atoms with Crippen molar-refractivity contribution in [2.45, 2.75) is 13.8 Å². The Morgan fingerprint density at radius 3 is 1.69 bits per heavy atom. The van der Waals surface area contributed by atoms with Gasteiger partial charge in [0.15, 0.2) is 0 Å². The molecule has 0 fully saturated rings. The summed E-state index contributed by atoms with van der Waals surface area (Å²) in [6, 6.07) is 15.4. The summed E-state index contributed by atoms with van der Waals surface area (Å²) in [5.74, 6) is 0. The van der Waals surface area contributed by atoms with Gasteiger partial charge < -0.3 is 11.5 Å². The van der Waals surface area contributed by atoms with E-state index in [1.165, 1.54) is 11.1 Å². The number of hydrogen-bond acceptors (Lipinski definition) is 2. The zero-order chi connectivity index (χ0) is 12.0.